The number of hydrogen-bond donors (Lipinski definition) is 2. The van der Waals surface area contributed by atoms with Gasteiger partial charge in [0.15, 0.2) is 0 Å². The van der Waals surface area contributed by atoms with Crippen molar-refractivity contribution in [3.05, 3.63) is 12.4 Å². The van der Waals surface area contributed by atoms with Crippen molar-refractivity contribution in [1.29, 1.82) is 0 Å². The fourth-order valence-electron chi connectivity index (χ4n) is 2.35. The molecule has 1 fully saturated rings. The molecule has 3 N–H and O–H groups in total. The zero-order valence-corrected chi connectivity index (χ0v) is 9.82. The highest BCUT2D eigenvalue weighted by Crippen LogP contribution is 2.29. The maximum absolute atomic E-state index is 5.53. The van der Waals surface area contributed by atoms with Crippen LogP contribution in [0.25, 0.3) is 0 Å². The van der Waals surface area contributed by atoms with Crippen LogP contribution in [0.5, 0.6) is 0 Å². The van der Waals surface area contributed by atoms with E-state index in [9.17, 15) is 0 Å². The van der Waals surface area contributed by atoms with Gasteiger partial charge in [-0.3, -0.25) is 0 Å². The van der Waals surface area contributed by atoms with Crippen molar-refractivity contribution in [3.8, 4) is 0 Å². The molecule has 4 heteroatoms. The van der Waals surface area contributed by atoms with E-state index < -0.39 is 0 Å². The molecule has 16 heavy (non-hydrogen) atoms. The predicted molar refractivity (Wildman–Crippen MR) is 66.1 cm³/mol. The molecule has 1 aromatic heterocycles. The van der Waals surface area contributed by atoms with Gasteiger partial charge in [-0.25, -0.2) is 9.97 Å². The van der Waals surface area contributed by atoms with Crippen molar-refractivity contribution in [2.45, 2.75) is 32.6 Å². The van der Waals surface area contributed by atoms with Gasteiger partial charge in [-0.1, -0.05) is 26.2 Å². The van der Waals surface area contributed by atoms with E-state index in [1.54, 1.807) is 12.4 Å². The lowest BCUT2D eigenvalue weighted by Gasteiger charge is -2.28. The number of anilines is 2. The third kappa shape index (κ3) is 2.84. The first-order valence-corrected chi connectivity index (χ1v) is 6.07. The molecule has 2 atom stereocenters. The van der Waals surface area contributed by atoms with Crippen LogP contribution in [0.1, 0.15) is 32.6 Å². The summed E-state index contributed by atoms with van der Waals surface area (Å²) in [7, 11) is 0. The Labute approximate surface area is 96.7 Å². The Morgan fingerprint density at radius 3 is 2.69 bits per heavy atom. The fraction of sp³-hybridized carbons (Fsp3) is 0.667. The maximum Gasteiger partial charge on any atom is 0.222 e. The highest BCUT2D eigenvalue weighted by Gasteiger charge is 2.20. The van der Waals surface area contributed by atoms with E-state index in [1.165, 1.54) is 25.7 Å². The zero-order valence-electron chi connectivity index (χ0n) is 9.82. The Morgan fingerprint density at radius 2 is 2.00 bits per heavy atom. The smallest absolute Gasteiger partial charge is 0.222 e. The van der Waals surface area contributed by atoms with Gasteiger partial charge in [0.05, 0.1) is 18.1 Å². The van der Waals surface area contributed by atoms with Crippen LogP contribution < -0.4 is 11.1 Å². The van der Waals surface area contributed by atoms with Crippen LogP contribution in [-0.2, 0) is 0 Å². The predicted octanol–water partition coefficient (Wildman–Crippen LogP) is 2.30. The summed E-state index contributed by atoms with van der Waals surface area (Å²) in [6.45, 7) is 3.32. The second-order valence-corrected chi connectivity index (χ2v) is 4.74. The molecule has 2 unspecified atom stereocenters. The van der Waals surface area contributed by atoms with Crippen LogP contribution in [0.2, 0.25) is 0 Å². The average Bonchev–Trinajstić information content (AvgIpc) is 2.30. The Balaban J connectivity index is 1.84. The molecule has 0 saturated heterocycles. The highest BCUT2D eigenvalue weighted by atomic mass is 15.1. The third-order valence-electron chi connectivity index (χ3n) is 3.48. The standard InChI is InChI=1S/C12H20N4/c1-9-4-2-3-5-10(9)6-14-12-15-7-11(13)8-16-12/h7-10H,2-6,13H2,1H3,(H,14,15,16). The maximum atomic E-state index is 5.53. The van der Waals surface area contributed by atoms with E-state index in [-0.39, 0.29) is 0 Å². The molecule has 1 aliphatic carbocycles. The molecule has 0 spiro atoms. The SMILES string of the molecule is CC1CCCCC1CNc1ncc(N)cn1. The van der Waals surface area contributed by atoms with E-state index in [2.05, 4.69) is 22.2 Å². The van der Waals surface area contributed by atoms with Crippen molar-refractivity contribution < 1.29 is 0 Å². The summed E-state index contributed by atoms with van der Waals surface area (Å²) >= 11 is 0. The number of nitrogens with one attached hydrogen (secondary N) is 1. The number of hydrogen-bond acceptors (Lipinski definition) is 4. The van der Waals surface area contributed by atoms with Gasteiger partial charge in [0.25, 0.3) is 0 Å². The topological polar surface area (TPSA) is 63.8 Å². The van der Waals surface area contributed by atoms with Gasteiger partial charge in [-0.05, 0) is 18.3 Å². The van der Waals surface area contributed by atoms with Crippen LogP contribution in [-0.4, -0.2) is 16.5 Å². The van der Waals surface area contributed by atoms with E-state index in [4.69, 9.17) is 5.73 Å². The number of nitrogens with zero attached hydrogens (tertiary/aromatic N) is 2. The molecule has 1 aromatic rings. The summed E-state index contributed by atoms with van der Waals surface area (Å²) in [4.78, 5) is 8.28. The first-order chi connectivity index (χ1) is 7.75. The molecule has 1 heterocycles. The lowest BCUT2D eigenvalue weighted by atomic mass is 9.80. The highest BCUT2D eigenvalue weighted by molar-refractivity contribution is 5.35. The molecular weight excluding hydrogens is 200 g/mol. The summed E-state index contributed by atoms with van der Waals surface area (Å²) in [6, 6.07) is 0. The minimum atomic E-state index is 0.608. The van der Waals surface area contributed by atoms with Gasteiger partial charge in [0.1, 0.15) is 0 Å². The van der Waals surface area contributed by atoms with Gasteiger partial charge in [-0.15, -0.1) is 0 Å². The molecular formula is C12H20N4. The lowest BCUT2D eigenvalue weighted by Crippen LogP contribution is -2.24. The molecule has 0 bridgehead atoms. The zero-order chi connectivity index (χ0) is 11.4. The molecule has 4 nitrogen and oxygen atoms in total. The first kappa shape index (κ1) is 11.2. The van der Waals surface area contributed by atoms with Gasteiger partial charge in [0, 0.05) is 6.54 Å². The quantitative estimate of drug-likeness (QED) is 0.820. The molecule has 2 rings (SSSR count). The lowest BCUT2D eigenvalue weighted by molar-refractivity contribution is 0.268. The van der Waals surface area contributed by atoms with Crippen LogP contribution in [0, 0.1) is 11.8 Å². The fourth-order valence-corrected chi connectivity index (χ4v) is 2.35. The molecule has 1 saturated carbocycles. The molecule has 0 amide bonds. The molecule has 1 aliphatic rings. The van der Waals surface area contributed by atoms with E-state index >= 15 is 0 Å². The van der Waals surface area contributed by atoms with Crippen molar-refractivity contribution in [1.82, 2.24) is 9.97 Å². The third-order valence-corrected chi connectivity index (χ3v) is 3.48. The first-order valence-electron chi connectivity index (χ1n) is 6.07. The minimum absolute atomic E-state index is 0.608. The van der Waals surface area contributed by atoms with E-state index in [1.807, 2.05) is 0 Å². The number of aromatic nitrogens is 2. The van der Waals surface area contributed by atoms with Crippen LogP contribution in [0.3, 0.4) is 0 Å². The summed E-state index contributed by atoms with van der Waals surface area (Å²) in [5, 5.41) is 3.29. The summed E-state index contributed by atoms with van der Waals surface area (Å²) in [6.07, 6.45) is 8.70. The van der Waals surface area contributed by atoms with Gasteiger partial charge in [0.2, 0.25) is 5.95 Å². The van der Waals surface area contributed by atoms with Crippen molar-refractivity contribution in [2.75, 3.05) is 17.6 Å². The minimum Gasteiger partial charge on any atom is -0.396 e. The van der Waals surface area contributed by atoms with Crippen molar-refractivity contribution >= 4 is 11.6 Å². The van der Waals surface area contributed by atoms with Crippen LogP contribution >= 0.6 is 0 Å². The summed E-state index contributed by atoms with van der Waals surface area (Å²) in [5.41, 5.74) is 6.14. The van der Waals surface area contributed by atoms with Gasteiger partial charge in [-0.2, -0.15) is 0 Å². The Hall–Kier alpha value is -1.32. The Kier molecular flexibility index (Phi) is 3.59. The molecule has 0 radical (unpaired) electrons. The van der Waals surface area contributed by atoms with E-state index in [0.717, 1.165) is 18.4 Å². The van der Waals surface area contributed by atoms with Crippen LogP contribution in [0.4, 0.5) is 11.6 Å². The second kappa shape index (κ2) is 5.14. The molecule has 0 aromatic carbocycles. The van der Waals surface area contributed by atoms with Gasteiger partial charge >= 0.3 is 0 Å². The number of rotatable bonds is 3. The Bertz CT molecular complexity index is 322. The van der Waals surface area contributed by atoms with Crippen molar-refractivity contribution in [3.63, 3.8) is 0 Å². The normalized spacial score (nSPS) is 25.3. The summed E-state index contributed by atoms with van der Waals surface area (Å²) in [5.74, 6) is 2.26. The Morgan fingerprint density at radius 1 is 1.31 bits per heavy atom. The summed E-state index contributed by atoms with van der Waals surface area (Å²) < 4.78 is 0. The van der Waals surface area contributed by atoms with E-state index in [0.29, 0.717) is 11.6 Å². The van der Waals surface area contributed by atoms with Crippen LogP contribution in [0.15, 0.2) is 12.4 Å². The van der Waals surface area contributed by atoms with Gasteiger partial charge < -0.3 is 11.1 Å². The molecule has 88 valence electrons. The monoisotopic (exact) mass is 220 g/mol. The number of nitrogen functional groups attached to an aromatic ring is 1. The largest absolute Gasteiger partial charge is 0.396 e. The molecule has 0 aliphatic heterocycles. The number of nitrogens with two attached hydrogens (primary N) is 1. The van der Waals surface area contributed by atoms with Crippen molar-refractivity contribution in [2.24, 2.45) is 11.8 Å². The average molecular weight is 220 g/mol. The second-order valence-electron chi connectivity index (χ2n) is 4.74.